The van der Waals surface area contributed by atoms with E-state index in [1.807, 2.05) is 0 Å². The zero-order valence-electron chi connectivity index (χ0n) is 20.1. The zero-order valence-corrected chi connectivity index (χ0v) is 20.9. The lowest BCUT2D eigenvalue weighted by Gasteiger charge is -2.23. The molecule has 1 saturated heterocycles. The molecule has 1 aliphatic heterocycles. The fourth-order valence-electron chi connectivity index (χ4n) is 3.91. The standard InChI is InChI=1S/C27H23FN2O6S/c1-4-14-36-17-12-10-16(11-13-17)22(31)20-21(18-8-6-7-9-19(18)28)30(25(33)23(20)32)27-29-15(3)24(37-27)26(34)35-5-2/h4,6-13,21,31H,1,5,14H2,2-3H3/b22-20+/t21-/m1/s1. The number of aliphatic hydroxyl groups excluding tert-OH is 1. The van der Waals surface area contributed by atoms with Crippen LogP contribution in [0.5, 0.6) is 5.75 Å². The third kappa shape index (κ3) is 4.88. The summed E-state index contributed by atoms with van der Waals surface area (Å²) in [5.41, 5.74) is 0.204. The van der Waals surface area contributed by atoms with Crippen molar-refractivity contribution in [3.63, 3.8) is 0 Å². The van der Waals surface area contributed by atoms with E-state index in [1.54, 1.807) is 38.1 Å². The topological polar surface area (TPSA) is 106 Å². The number of rotatable bonds is 8. The summed E-state index contributed by atoms with van der Waals surface area (Å²) in [4.78, 5) is 44.3. The Balaban J connectivity index is 1.86. The molecule has 0 bridgehead atoms. The van der Waals surface area contributed by atoms with E-state index in [0.29, 0.717) is 11.4 Å². The van der Waals surface area contributed by atoms with Crippen molar-refractivity contribution in [2.24, 2.45) is 0 Å². The SMILES string of the molecule is C=CCOc1ccc(/C(O)=C2\C(=O)C(=O)N(c3nc(C)c(C(=O)OCC)s3)[C@@H]2c2ccccc2F)cc1. The Kier molecular flexibility index (Phi) is 7.49. The van der Waals surface area contributed by atoms with Crippen molar-refractivity contribution in [2.75, 3.05) is 18.1 Å². The highest BCUT2D eigenvalue weighted by molar-refractivity contribution is 7.17. The summed E-state index contributed by atoms with van der Waals surface area (Å²) in [5.74, 6) is -3.30. The van der Waals surface area contributed by atoms with E-state index >= 15 is 4.39 Å². The van der Waals surface area contributed by atoms with Gasteiger partial charge in [-0.2, -0.15) is 0 Å². The smallest absolute Gasteiger partial charge is 0.350 e. The predicted molar refractivity (Wildman–Crippen MR) is 136 cm³/mol. The summed E-state index contributed by atoms with van der Waals surface area (Å²) in [6, 6.07) is 10.5. The van der Waals surface area contributed by atoms with Crippen molar-refractivity contribution >= 4 is 39.9 Å². The van der Waals surface area contributed by atoms with E-state index in [-0.39, 0.29) is 39.9 Å². The van der Waals surface area contributed by atoms with Gasteiger partial charge >= 0.3 is 11.9 Å². The number of aromatic nitrogens is 1. The summed E-state index contributed by atoms with van der Waals surface area (Å²) in [5, 5.41) is 11.2. The van der Waals surface area contributed by atoms with Gasteiger partial charge in [0.1, 0.15) is 34.9 Å². The van der Waals surface area contributed by atoms with Crippen molar-refractivity contribution < 1.29 is 33.4 Å². The molecule has 1 atom stereocenters. The lowest BCUT2D eigenvalue weighted by molar-refractivity contribution is -0.132. The van der Waals surface area contributed by atoms with Gasteiger partial charge < -0.3 is 14.6 Å². The van der Waals surface area contributed by atoms with Crippen LogP contribution < -0.4 is 9.64 Å². The summed E-state index contributed by atoms with van der Waals surface area (Å²) in [6.45, 7) is 7.23. The number of ether oxygens (including phenoxy) is 2. The molecule has 10 heteroatoms. The molecule has 1 aromatic heterocycles. The van der Waals surface area contributed by atoms with Gasteiger partial charge in [-0.3, -0.25) is 14.5 Å². The van der Waals surface area contributed by atoms with Crippen molar-refractivity contribution in [3.05, 3.63) is 94.3 Å². The second-order valence-corrected chi connectivity index (χ2v) is 8.92. The average molecular weight is 523 g/mol. The molecule has 190 valence electrons. The fraction of sp³-hybridized carbons (Fsp3) is 0.185. The number of carbonyl (C=O) groups excluding carboxylic acids is 3. The number of esters is 1. The number of aliphatic hydroxyl groups is 1. The molecule has 1 fully saturated rings. The van der Waals surface area contributed by atoms with Crippen LogP contribution in [0.2, 0.25) is 0 Å². The third-order valence-corrected chi connectivity index (χ3v) is 6.73. The maximum absolute atomic E-state index is 15.0. The van der Waals surface area contributed by atoms with Crippen molar-refractivity contribution in [1.29, 1.82) is 0 Å². The Hall–Kier alpha value is -4.31. The van der Waals surface area contributed by atoms with Crippen LogP contribution >= 0.6 is 11.3 Å². The lowest BCUT2D eigenvalue weighted by Crippen LogP contribution is -2.29. The van der Waals surface area contributed by atoms with Crippen molar-refractivity contribution in [1.82, 2.24) is 4.98 Å². The van der Waals surface area contributed by atoms with Gasteiger partial charge in [0.25, 0.3) is 5.78 Å². The number of benzene rings is 2. The van der Waals surface area contributed by atoms with Gasteiger partial charge in [0.05, 0.1) is 17.9 Å². The summed E-state index contributed by atoms with van der Waals surface area (Å²) < 4.78 is 25.5. The minimum absolute atomic E-state index is 0.00290. The second-order valence-electron chi connectivity index (χ2n) is 7.95. The average Bonchev–Trinajstić information content (AvgIpc) is 3.39. The van der Waals surface area contributed by atoms with Gasteiger partial charge in [-0.1, -0.05) is 42.2 Å². The number of aryl methyl sites for hydroxylation is 1. The highest BCUT2D eigenvalue weighted by atomic mass is 32.1. The van der Waals surface area contributed by atoms with Crippen LogP contribution in [0.1, 0.15) is 39.5 Å². The van der Waals surface area contributed by atoms with Gasteiger partial charge in [-0.05, 0) is 44.2 Å². The van der Waals surface area contributed by atoms with E-state index in [0.717, 1.165) is 16.2 Å². The maximum atomic E-state index is 15.0. The first-order valence-corrected chi connectivity index (χ1v) is 12.1. The van der Waals surface area contributed by atoms with Gasteiger partial charge in [-0.15, -0.1) is 0 Å². The molecule has 4 rings (SSSR count). The highest BCUT2D eigenvalue weighted by Gasteiger charge is 2.49. The Morgan fingerprint density at radius 3 is 2.57 bits per heavy atom. The molecule has 1 aliphatic rings. The van der Waals surface area contributed by atoms with E-state index in [2.05, 4.69) is 11.6 Å². The van der Waals surface area contributed by atoms with Crippen LogP contribution in [0.3, 0.4) is 0 Å². The first kappa shape index (κ1) is 25.8. The Morgan fingerprint density at radius 1 is 1.22 bits per heavy atom. The van der Waals surface area contributed by atoms with E-state index in [4.69, 9.17) is 9.47 Å². The molecular weight excluding hydrogens is 499 g/mol. The first-order valence-electron chi connectivity index (χ1n) is 11.3. The minimum Gasteiger partial charge on any atom is -0.507 e. The molecule has 0 radical (unpaired) electrons. The lowest BCUT2D eigenvalue weighted by atomic mass is 9.95. The van der Waals surface area contributed by atoms with Gasteiger partial charge in [0.2, 0.25) is 0 Å². The molecular formula is C27H23FN2O6S. The number of hydrogen-bond donors (Lipinski definition) is 1. The van der Waals surface area contributed by atoms with Crippen LogP contribution in [-0.4, -0.2) is 41.0 Å². The number of thiazole rings is 1. The molecule has 3 aromatic rings. The number of ketones is 1. The monoisotopic (exact) mass is 522 g/mol. The molecule has 1 amide bonds. The van der Waals surface area contributed by atoms with E-state index in [9.17, 15) is 19.5 Å². The third-order valence-electron chi connectivity index (χ3n) is 5.59. The van der Waals surface area contributed by atoms with Crippen molar-refractivity contribution in [2.45, 2.75) is 19.9 Å². The molecule has 8 nitrogen and oxygen atoms in total. The van der Waals surface area contributed by atoms with E-state index < -0.39 is 35.3 Å². The summed E-state index contributed by atoms with van der Waals surface area (Å²) in [6.07, 6.45) is 1.58. The number of hydrogen-bond acceptors (Lipinski definition) is 8. The molecule has 2 aromatic carbocycles. The predicted octanol–water partition coefficient (Wildman–Crippen LogP) is 4.96. The fourth-order valence-corrected chi connectivity index (χ4v) is 4.90. The van der Waals surface area contributed by atoms with Gasteiger partial charge in [0.15, 0.2) is 5.13 Å². The maximum Gasteiger partial charge on any atom is 0.350 e. The first-order chi connectivity index (χ1) is 17.8. The molecule has 0 unspecified atom stereocenters. The number of halogens is 1. The molecule has 1 N–H and O–H groups in total. The van der Waals surface area contributed by atoms with Crippen LogP contribution in [-0.2, 0) is 14.3 Å². The van der Waals surface area contributed by atoms with Gasteiger partial charge in [-0.25, -0.2) is 14.2 Å². The van der Waals surface area contributed by atoms with Crippen LogP contribution in [0.15, 0.2) is 66.8 Å². The second kappa shape index (κ2) is 10.8. The normalized spacial score (nSPS) is 16.6. The largest absolute Gasteiger partial charge is 0.507 e. The molecule has 0 saturated carbocycles. The number of carbonyl (C=O) groups is 3. The molecule has 2 heterocycles. The van der Waals surface area contributed by atoms with Crippen molar-refractivity contribution in [3.8, 4) is 5.75 Å². The van der Waals surface area contributed by atoms with Gasteiger partial charge in [0, 0.05) is 11.1 Å². The highest BCUT2D eigenvalue weighted by Crippen LogP contribution is 2.44. The van der Waals surface area contributed by atoms with E-state index in [1.165, 1.54) is 30.3 Å². The zero-order chi connectivity index (χ0) is 26.7. The molecule has 0 aliphatic carbocycles. The molecule has 37 heavy (non-hydrogen) atoms. The Labute approximate surface area is 216 Å². The van der Waals surface area contributed by atoms with Crippen LogP contribution in [0.25, 0.3) is 5.76 Å². The Morgan fingerprint density at radius 2 is 1.92 bits per heavy atom. The number of amides is 1. The minimum atomic E-state index is -1.32. The Bertz CT molecular complexity index is 1410. The number of nitrogens with zero attached hydrogens (tertiary/aromatic N) is 2. The van der Waals surface area contributed by atoms with Crippen LogP contribution in [0.4, 0.5) is 9.52 Å². The number of Topliss-reactive ketones (excluding diaryl/α,β-unsaturated/α-hetero) is 1. The molecule has 0 spiro atoms. The summed E-state index contributed by atoms with van der Waals surface area (Å²) >= 11 is 0.850. The summed E-state index contributed by atoms with van der Waals surface area (Å²) in [7, 11) is 0. The number of anilines is 1. The quantitative estimate of drug-likeness (QED) is 0.147. The van der Waals surface area contributed by atoms with Crippen LogP contribution in [0, 0.1) is 12.7 Å².